The Morgan fingerprint density at radius 2 is 2.00 bits per heavy atom. The van der Waals surface area contributed by atoms with E-state index >= 15 is 0 Å². The molecule has 0 aliphatic rings. The van der Waals surface area contributed by atoms with Crippen LogP contribution in [0.1, 0.15) is 21.6 Å². The lowest BCUT2D eigenvalue weighted by molar-refractivity contribution is 0.0949. The van der Waals surface area contributed by atoms with Crippen molar-refractivity contribution in [3.8, 4) is 6.07 Å². The van der Waals surface area contributed by atoms with E-state index in [1.807, 2.05) is 30.3 Å². The minimum atomic E-state index is -0.247. The van der Waals surface area contributed by atoms with Crippen molar-refractivity contribution in [2.75, 3.05) is 6.54 Å². The molecule has 0 spiro atoms. The van der Waals surface area contributed by atoms with Gasteiger partial charge in [-0.15, -0.1) is 0 Å². The molecular formula is C15H12ClN3O. The molecule has 5 heteroatoms. The van der Waals surface area contributed by atoms with Crippen LogP contribution in [0.3, 0.4) is 0 Å². The van der Waals surface area contributed by atoms with Crippen LogP contribution in [0.2, 0.25) is 5.02 Å². The Morgan fingerprint density at radius 1 is 1.25 bits per heavy atom. The molecule has 1 amide bonds. The number of hydrogen-bond donors (Lipinski definition) is 1. The van der Waals surface area contributed by atoms with Gasteiger partial charge < -0.3 is 5.32 Å². The SMILES string of the molecule is N#Cc1ccc(C(=O)NCCc2ccc(Cl)cc2)nc1. The summed E-state index contributed by atoms with van der Waals surface area (Å²) in [4.78, 5) is 15.7. The number of rotatable bonds is 4. The molecule has 100 valence electrons. The van der Waals surface area contributed by atoms with Crippen LogP contribution < -0.4 is 5.32 Å². The Balaban J connectivity index is 1.85. The minimum Gasteiger partial charge on any atom is -0.350 e. The monoisotopic (exact) mass is 285 g/mol. The Morgan fingerprint density at radius 3 is 2.60 bits per heavy atom. The van der Waals surface area contributed by atoms with E-state index in [9.17, 15) is 4.79 Å². The van der Waals surface area contributed by atoms with E-state index in [1.54, 1.807) is 6.07 Å². The maximum absolute atomic E-state index is 11.8. The summed E-state index contributed by atoms with van der Waals surface area (Å²) in [6.45, 7) is 0.516. The second-order valence-electron chi connectivity index (χ2n) is 4.18. The smallest absolute Gasteiger partial charge is 0.269 e. The van der Waals surface area contributed by atoms with E-state index in [0.29, 0.717) is 22.8 Å². The molecule has 0 unspecified atom stereocenters. The molecule has 0 saturated heterocycles. The maximum atomic E-state index is 11.8. The van der Waals surface area contributed by atoms with Crippen molar-refractivity contribution in [2.45, 2.75) is 6.42 Å². The van der Waals surface area contributed by atoms with Crippen molar-refractivity contribution >= 4 is 17.5 Å². The lowest BCUT2D eigenvalue weighted by Crippen LogP contribution is -2.26. The number of nitrogens with one attached hydrogen (secondary N) is 1. The summed E-state index contributed by atoms with van der Waals surface area (Å²) in [6.07, 6.45) is 2.10. The van der Waals surface area contributed by atoms with Gasteiger partial charge >= 0.3 is 0 Å². The molecule has 0 fully saturated rings. The Hall–Kier alpha value is -2.38. The van der Waals surface area contributed by atoms with E-state index in [-0.39, 0.29) is 5.91 Å². The molecule has 0 aliphatic heterocycles. The fourth-order valence-corrected chi connectivity index (χ4v) is 1.78. The van der Waals surface area contributed by atoms with Gasteiger partial charge in [0.1, 0.15) is 11.8 Å². The normalized spacial score (nSPS) is 9.80. The highest BCUT2D eigenvalue weighted by molar-refractivity contribution is 6.30. The van der Waals surface area contributed by atoms with Gasteiger partial charge in [0.25, 0.3) is 5.91 Å². The number of nitrogens with zero attached hydrogens (tertiary/aromatic N) is 2. The molecule has 1 heterocycles. The van der Waals surface area contributed by atoms with Crippen molar-refractivity contribution in [1.29, 1.82) is 5.26 Å². The summed E-state index contributed by atoms with van der Waals surface area (Å²) < 4.78 is 0. The highest BCUT2D eigenvalue weighted by atomic mass is 35.5. The van der Waals surface area contributed by atoms with Gasteiger partial charge in [-0.25, -0.2) is 4.98 Å². The van der Waals surface area contributed by atoms with Crippen molar-refractivity contribution in [3.05, 3.63) is 64.4 Å². The van der Waals surface area contributed by atoms with Gasteiger partial charge in [0.05, 0.1) is 5.56 Å². The standard InChI is InChI=1S/C15H12ClN3O/c16-13-4-1-11(2-5-13)7-8-18-15(20)14-6-3-12(9-17)10-19-14/h1-6,10H,7-8H2,(H,18,20). The van der Waals surface area contributed by atoms with Gasteiger partial charge in [-0.2, -0.15) is 5.26 Å². The predicted octanol–water partition coefficient (Wildman–Crippen LogP) is 2.58. The number of amides is 1. The molecule has 2 rings (SSSR count). The molecule has 1 aromatic heterocycles. The number of aromatic nitrogens is 1. The molecule has 0 atom stereocenters. The molecule has 20 heavy (non-hydrogen) atoms. The van der Waals surface area contributed by atoms with Gasteiger partial charge in [-0.05, 0) is 36.2 Å². The Kier molecular flexibility index (Phi) is 4.70. The minimum absolute atomic E-state index is 0.247. The fraction of sp³-hybridized carbons (Fsp3) is 0.133. The zero-order valence-corrected chi connectivity index (χ0v) is 11.4. The number of halogens is 1. The highest BCUT2D eigenvalue weighted by Gasteiger charge is 2.06. The Labute approximate surface area is 122 Å². The average molecular weight is 286 g/mol. The van der Waals surface area contributed by atoms with Crippen molar-refractivity contribution in [3.63, 3.8) is 0 Å². The van der Waals surface area contributed by atoms with Gasteiger partial charge in [0.15, 0.2) is 0 Å². The fourth-order valence-electron chi connectivity index (χ4n) is 1.66. The topological polar surface area (TPSA) is 65.8 Å². The summed E-state index contributed by atoms with van der Waals surface area (Å²) in [5.41, 5.74) is 1.84. The lowest BCUT2D eigenvalue weighted by Gasteiger charge is -2.05. The van der Waals surface area contributed by atoms with E-state index < -0.39 is 0 Å². The molecular weight excluding hydrogens is 274 g/mol. The van der Waals surface area contributed by atoms with Crippen LogP contribution in [0.5, 0.6) is 0 Å². The van der Waals surface area contributed by atoms with Crippen molar-refractivity contribution < 1.29 is 4.79 Å². The third-order valence-electron chi connectivity index (χ3n) is 2.74. The van der Waals surface area contributed by atoms with Gasteiger partial charge in [-0.1, -0.05) is 23.7 Å². The van der Waals surface area contributed by atoms with Crippen LogP contribution in [0.15, 0.2) is 42.6 Å². The van der Waals surface area contributed by atoms with Crippen molar-refractivity contribution in [2.24, 2.45) is 0 Å². The summed E-state index contributed by atoms with van der Waals surface area (Å²) in [7, 11) is 0. The average Bonchev–Trinajstić information content (AvgIpc) is 2.49. The molecule has 2 aromatic rings. The first-order valence-electron chi connectivity index (χ1n) is 6.08. The molecule has 0 radical (unpaired) electrons. The first kappa shape index (κ1) is 14.0. The third-order valence-corrected chi connectivity index (χ3v) is 2.99. The number of benzene rings is 1. The first-order chi connectivity index (χ1) is 9.69. The summed E-state index contributed by atoms with van der Waals surface area (Å²) in [5.74, 6) is -0.247. The van der Waals surface area contributed by atoms with Crippen LogP contribution in [-0.4, -0.2) is 17.4 Å². The van der Waals surface area contributed by atoms with Crippen LogP contribution in [-0.2, 0) is 6.42 Å². The van der Waals surface area contributed by atoms with Crippen LogP contribution in [0, 0.1) is 11.3 Å². The van der Waals surface area contributed by atoms with Crippen molar-refractivity contribution in [1.82, 2.24) is 10.3 Å². The van der Waals surface area contributed by atoms with E-state index in [1.165, 1.54) is 12.3 Å². The first-order valence-corrected chi connectivity index (χ1v) is 6.45. The second-order valence-corrected chi connectivity index (χ2v) is 4.61. The number of carbonyl (C=O) groups is 1. The van der Waals surface area contributed by atoms with Gasteiger partial charge in [0.2, 0.25) is 0 Å². The quantitative estimate of drug-likeness (QED) is 0.939. The van der Waals surface area contributed by atoms with Gasteiger partial charge in [-0.3, -0.25) is 4.79 Å². The van der Waals surface area contributed by atoms with Crippen LogP contribution >= 0.6 is 11.6 Å². The largest absolute Gasteiger partial charge is 0.350 e. The van der Waals surface area contributed by atoms with Crippen LogP contribution in [0.4, 0.5) is 0 Å². The summed E-state index contributed by atoms with van der Waals surface area (Å²) in [6, 6.07) is 12.6. The summed E-state index contributed by atoms with van der Waals surface area (Å²) >= 11 is 5.80. The van der Waals surface area contributed by atoms with Crippen LogP contribution in [0.25, 0.3) is 0 Å². The van der Waals surface area contributed by atoms with E-state index in [4.69, 9.17) is 16.9 Å². The number of hydrogen-bond acceptors (Lipinski definition) is 3. The number of pyridine rings is 1. The zero-order chi connectivity index (χ0) is 14.4. The van der Waals surface area contributed by atoms with Gasteiger partial charge in [0, 0.05) is 17.8 Å². The lowest BCUT2D eigenvalue weighted by atomic mass is 10.1. The zero-order valence-electron chi connectivity index (χ0n) is 10.6. The molecule has 4 nitrogen and oxygen atoms in total. The number of nitriles is 1. The maximum Gasteiger partial charge on any atom is 0.269 e. The molecule has 1 aromatic carbocycles. The molecule has 0 bridgehead atoms. The predicted molar refractivity (Wildman–Crippen MR) is 76.4 cm³/mol. The third kappa shape index (κ3) is 3.81. The number of carbonyl (C=O) groups excluding carboxylic acids is 1. The highest BCUT2D eigenvalue weighted by Crippen LogP contribution is 2.09. The Bertz CT molecular complexity index is 630. The van der Waals surface area contributed by atoms with E-state index in [2.05, 4.69) is 10.3 Å². The molecule has 0 saturated carbocycles. The van der Waals surface area contributed by atoms with E-state index in [0.717, 1.165) is 12.0 Å². The molecule has 1 N–H and O–H groups in total. The summed E-state index contributed by atoms with van der Waals surface area (Å²) in [5, 5.41) is 12.1. The molecule has 0 aliphatic carbocycles. The second kappa shape index (κ2) is 6.69.